The summed E-state index contributed by atoms with van der Waals surface area (Å²) in [7, 11) is 1.55. The first-order valence-electron chi connectivity index (χ1n) is 8.85. The number of nitrogens with one attached hydrogen (secondary N) is 1. The highest BCUT2D eigenvalue weighted by molar-refractivity contribution is 9.10. The van der Waals surface area contributed by atoms with Crippen molar-refractivity contribution in [2.45, 2.75) is 6.61 Å². The van der Waals surface area contributed by atoms with E-state index in [0.717, 1.165) is 11.1 Å². The molecular weight excluding hydrogens is 509 g/mol. The zero-order valence-corrected chi connectivity index (χ0v) is 19.2. The van der Waals surface area contributed by atoms with Crippen molar-refractivity contribution in [1.82, 2.24) is 0 Å². The van der Waals surface area contributed by atoms with Crippen molar-refractivity contribution in [2.75, 3.05) is 12.5 Å². The maximum atomic E-state index is 10.7. The topological polar surface area (TPSA) is 86.0 Å². The van der Waals surface area contributed by atoms with Gasteiger partial charge in [-0.1, -0.05) is 29.3 Å². The smallest absolute Gasteiger partial charge is 0.269 e. The van der Waals surface area contributed by atoms with Crippen molar-refractivity contribution in [2.24, 2.45) is 5.10 Å². The Labute approximate surface area is 196 Å². The van der Waals surface area contributed by atoms with Crippen LogP contribution in [0.15, 0.2) is 64.2 Å². The van der Waals surface area contributed by atoms with Gasteiger partial charge < -0.3 is 9.47 Å². The van der Waals surface area contributed by atoms with E-state index in [0.29, 0.717) is 31.7 Å². The Hall–Kier alpha value is -2.81. The molecule has 0 aliphatic carbocycles. The molecule has 0 atom stereocenters. The van der Waals surface area contributed by atoms with Crippen LogP contribution in [0, 0.1) is 10.1 Å². The molecule has 0 spiro atoms. The van der Waals surface area contributed by atoms with E-state index >= 15 is 0 Å². The molecule has 7 nitrogen and oxygen atoms in total. The predicted molar refractivity (Wildman–Crippen MR) is 126 cm³/mol. The molecule has 31 heavy (non-hydrogen) atoms. The van der Waals surface area contributed by atoms with Crippen LogP contribution in [-0.2, 0) is 6.61 Å². The molecule has 1 N–H and O–H groups in total. The van der Waals surface area contributed by atoms with Gasteiger partial charge in [-0.15, -0.1) is 0 Å². The standard InChI is InChI=1S/C21H16BrCl2N3O4/c1-30-20-10-14(11-25-26-15-3-5-16(6-4-15)27(28)29)8-17(22)21(20)31-12-13-2-7-18(23)19(24)9-13/h2-11,26H,12H2,1H3/b25-11+. The minimum atomic E-state index is -0.456. The number of nitro benzene ring substituents is 1. The second kappa shape index (κ2) is 10.5. The molecule has 0 unspecified atom stereocenters. The molecule has 10 heteroatoms. The van der Waals surface area contributed by atoms with Crippen molar-refractivity contribution >= 4 is 56.7 Å². The fourth-order valence-corrected chi connectivity index (χ4v) is 3.47. The van der Waals surface area contributed by atoms with Gasteiger partial charge >= 0.3 is 0 Å². The third-order valence-electron chi connectivity index (χ3n) is 4.10. The summed E-state index contributed by atoms with van der Waals surface area (Å²) >= 11 is 15.5. The van der Waals surface area contributed by atoms with E-state index in [-0.39, 0.29) is 12.3 Å². The van der Waals surface area contributed by atoms with E-state index in [2.05, 4.69) is 26.5 Å². The Morgan fingerprint density at radius 3 is 2.52 bits per heavy atom. The quantitative estimate of drug-likeness (QED) is 0.201. The van der Waals surface area contributed by atoms with Gasteiger partial charge in [0.05, 0.1) is 38.5 Å². The lowest BCUT2D eigenvalue weighted by atomic mass is 10.2. The van der Waals surface area contributed by atoms with Crippen LogP contribution in [0.3, 0.4) is 0 Å². The summed E-state index contributed by atoms with van der Waals surface area (Å²) in [5.74, 6) is 1.06. The van der Waals surface area contributed by atoms with Gasteiger partial charge in [-0.25, -0.2) is 0 Å². The van der Waals surface area contributed by atoms with Crippen molar-refractivity contribution in [3.8, 4) is 11.5 Å². The number of benzene rings is 3. The van der Waals surface area contributed by atoms with Crippen LogP contribution in [-0.4, -0.2) is 18.2 Å². The Bertz CT molecular complexity index is 1120. The Balaban J connectivity index is 1.69. The summed E-state index contributed by atoms with van der Waals surface area (Å²) in [6.07, 6.45) is 1.59. The second-order valence-corrected chi connectivity index (χ2v) is 7.91. The molecule has 0 amide bonds. The number of non-ortho nitro benzene ring substituents is 1. The number of hydrogen-bond donors (Lipinski definition) is 1. The van der Waals surface area contributed by atoms with Crippen LogP contribution < -0.4 is 14.9 Å². The Morgan fingerprint density at radius 1 is 1.13 bits per heavy atom. The highest BCUT2D eigenvalue weighted by atomic mass is 79.9. The van der Waals surface area contributed by atoms with Crippen molar-refractivity contribution in [3.05, 3.63) is 90.4 Å². The summed E-state index contributed by atoms with van der Waals surface area (Å²) in [4.78, 5) is 10.2. The van der Waals surface area contributed by atoms with Gasteiger partial charge in [0.15, 0.2) is 11.5 Å². The van der Waals surface area contributed by atoms with E-state index in [9.17, 15) is 10.1 Å². The number of halogens is 3. The lowest BCUT2D eigenvalue weighted by Crippen LogP contribution is -2.00. The first-order valence-corrected chi connectivity index (χ1v) is 10.4. The van der Waals surface area contributed by atoms with Gasteiger partial charge in [0.25, 0.3) is 5.69 Å². The molecule has 3 aromatic carbocycles. The van der Waals surface area contributed by atoms with Gasteiger partial charge in [0.1, 0.15) is 6.61 Å². The summed E-state index contributed by atoms with van der Waals surface area (Å²) in [5.41, 5.74) is 5.07. The third-order valence-corrected chi connectivity index (χ3v) is 5.43. The van der Waals surface area contributed by atoms with Crippen molar-refractivity contribution in [3.63, 3.8) is 0 Å². The maximum absolute atomic E-state index is 10.7. The number of rotatable bonds is 8. The molecule has 0 aliphatic rings. The van der Waals surface area contributed by atoms with E-state index in [4.69, 9.17) is 32.7 Å². The van der Waals surface area contributed by atoms with Gasteiger partial charge in [-0.05, 0) is 63.5 Å². The summed E-state index contributed by atoms with van der Waals surface area (Å²) < 4.78 is 12.0. The zero-order chi connectivity index (χ0) is 22.4. The van der Waals surface area contributed by atoms with Crippen LogP contribution in [0.25, 0.3) is 0 Å². The highest BCUT2D eigenvalue weighted by Crippen LogP contribution is 2.37. The summed E-state index contributed by atoms with van der Waals surface area (Å²) in [6.45, 7) is 0.279. The molecular formula is C21H16BrCl2N3O4. The normalized spacial score (nSPS) is 10.8. The molecule has 0 bridgehead atoms. The van der Waals surface area contributed by atoms with E-state index in [1.54, 1.807) is 43.7 Å². The van der Waals surface area contributed by atoms with Gasteiger partial charge in [-0.2, -0.15) is 5.10 Å². The second-order valence-electron chi connectivity index (χ2n) is 6.25. The van der Waals surface area contributed by atoms with E-state index < -0.39 is 4.92 Å². The molecule has 3 rings (SSSR count). The fraction of sp³-hybridized carbons (Fsp3) is 0.0952. The number of anilines is 1. The number of hydrogen-bond acceptors (Lipinski definition) is 6. The van der Waals surface area contributed by atoms with Gasteiger partial charge in [-0.3, -0.25) is 15.5 Å². The van der Waals surface area contributed by atoms with E-state index in [1.165, 1.54) is 12.1 Å². The molecule has 0 saturated carbocycles. The van der Waals surface area contributed by atoms with Crippen LogP contribution in [0.1, 0.15) is 11.1 Å². The minimum absolute atomic E-state index is 0.0136. The third kappa shape index (κ3) is 6.10. The minimum Gasteiger partial charge on any atom is -0.493 e. The Kier molecular flexibility index (Phi) is 7.73. The molecule has 0 saturated heterocycles. The monoisotopic (exact) mass is 523 g/mol. The number of nitro groups is 1. The van der Waals surface area contributed by atoms with Crippen molar-refractivity contribution < 1.29 is 14.4 Å². The number of nitrogens with zero attached hydrogens (tertiary/aromatic N) is 2. The van der Waals surface area contributed by atoms with Crippen LogP contribution in [0.5, 0.6) is 11.5 Å². The molecule has 0 fully saturated rings. The molecule has 0 radical (unpaired) electrons. The van der Waals surface area contributed by atoms with Gasteiger partial charge in [0, 0.05) is 12.1 Å². The van der Waals surface area contributed by atoms with E-state index in [1.807, 2.05) is 12.1 Å². The first kappa shape index (κ1) is 22.9. The highest BCUT2D eigenvalue weighted by Gasteiger charge is 2.12. The maximum Gasteiger partial charge on any atom is 0.269 e. The molecule has 0 aliphatic heterocycles. The average Bonchev–Trinajstić information content (AvgIpc) is 2.75. The van der Waals surface area contributed by atoms with Crippen LogP contribution >= 0.6 is 39.1 Å². The largest absolute Gasteiger partial charge is 0.493 e. The lowest BCUT2D eigenvalue weighted by Gasteiger charge is -2.14. The average molecular weight is 525 g/mol. The first-order chi connectivity index (χ1) is 14.9. The number of hydrazone groups is 1. The molecule has 0 aromatic heterocycles. The van der Waals surface area contributed by atoms with Crippen LogP contribution in [0.2, 0.25) is 10.0 Å². The Morgan fingerprint density at radius 2 is 1.87 bits per heavy atom. The lowest BCUT2D eigenvalue weighted by molar-refractivity contribution is -0.384. The summed E-state index contributed by atoms with van der Waals surface area (Å²) in [6, 6.07) is 14.8. The number of ether oxygens (including phenoxy) is 2. The van der Waals surface area contributed by atoms with Gasteiger partial charge in [0.2, 0.25) is 0 Å². The predicted octanol–water partition coefficient (Wildman–Crippen LogP) is 6.70. The SMILES string of the molecule is COc1cc(/C=N/Nc2ccc([N+](=O)[O-])cc2)cc(Br)c1OCc1ccc(Cl)c(Cl)c1. The molecule has 0 heterocycles. The number of methoxy groups -OCH3 is 1. The molecule has 160 valence electrons. The van der Waals surface area contributed by atoms with Crippen molar-refractivity contribution in [1.29, 1.82) is 0 Å². The summed E-state index contributed by atoms with van der Waals surface area (Å²) in [5, 5.41) is 15.8. The fourth-order valence-electron chi connectivity index (χ4n) is 2.58. The zero-order valence-electron chi connectivity index (χ0n) is 16.1. The van der Waals surface area contributed by atoms with Crippen LogP contribution in [0.4, 0.5) is 11.4 Å². The molecule has 3 aromatic rings.